The molecule has 0 radical (unpaired) electrons. The average molecular weight is 200 g/mol. The summed E-state index contributed by atoms with van der Waals surface area (Å²) >= 11 is 0. The van der Waals surface area contributed by atoms with Crippen molar-refractivity contribution in [1.82, 2.24) is 5.32 Å². The first-order valence-corrected chi connectivity index (χ1v) is 4.87. The minimum Gasteiger partial charge on any atom is -0.481 e. The highest BCUT2D eigenvalue weighted by Gasteiger charge is 2.33. The molecule has 1 amide bonds. The minimum absolute atomic E-state index is 0.148. The van der Waals surface area contributed by atoms with Crippen molar-refractivity contribution in [3.05, 3.63) is 0 Å². The quantitative estimate of drug-likeness (QED) is 0.581. The topological polar surface area (TPSA) is 92.4 Å². The van der Waals surface area contributed by atoms with Crippen molar-refractivity contribution in [1.29, 1.82) is 0 Å². The van der Waals surface area contributed by atoms with Gasteiger partial charge in [0, 0.05) is 19.0 Å². The van der Waals surface area contributed by atoms with E-state index >= 15 is 0 Å². The summed E-state index contributed by atoms with van der Waals surface area (Å²) < 4.78 is 0. The molecule has 1 fully saturated rings. The van der Waals surface area contributed by atoms with Crippen LogP contribution in [0.1, 0.15) is 25.7 Å². The summed E-state index contributed by atoms with van der Waals surface area (Å²) in [5.74, 6) is -1.39. The summed E-state index contributed by atoms with van der Waals surface area (Å²) in [4.78, 5) is 22.0. The monoisotopic (exact) mass is 200 g/mol. The number of aliphatic carboxylic acids is 1. The summed E-state index contributed by atoms with van der Waals surface area (Å²) in [5, 5.41) is 11.6. The van der Waals surface area contributed by atoms with Crippen LogP contribution in [0.25, 0.3) is 0 Å². The highest BCUT2D eigenvalue weighted by Crippen LogP contribution is 2.25. The van der Waals surface area contributed by atoms with E-state index in [1.54, 1.807) is 0 Å². The molecule has 80 valence electrons. The third kappa shape index (κ3) is 2.70. The van der Waals surface area contributed by atoms with E-state index < -0.39 is 11.9 Å². The van der Waals surface area contributed by atoms with E-state index in [1.807, 2.05) is 0 Å². The van der Waals surface area contributed by atoms with Crippen LogP contribution >= 0.6 is 0 Å². The van der Waals surface area contributed by atoms with E-state index in [0.717, 1.165) is 12.8 Å². The Morgan fingerprint density at radius 1 is 1.43 bits per heavy atom. The third-order valence-electron chi connectivity index (χ3n) is 2.55. The Bertz CT molecular complexity index is 230. The van der Waals surface area contributed by atoms with Gasteiger partial charge in [-0.25, -0.2) is 0 Å². The van der Waals surface area contributed by atoms with Gasteiger partial charge in [0.2, 0.25) is 5.91 Å². The Morgan fingerprint density at radius 2 is 2.14 bits per heavy atom. The summed E-state index contributed by atoms with van der Waals surface area (Å²) in [6.45, 7) is 0.302. The van der Waals surface area contributed by atoms with Crippen molar-refractivity contribution in [2.24, 2.45) is 11.7 Å². The van der Waals surface area contributed by atoms with E-state index in [4.69, 9.17) is 10.8 Å². The van der Waals surface area contributed by atoms with Crippen molar-refractivity contribution in [3.8, 4) is 0 Å². The summed E-state index contributed by atoms with van der Waals surface area (Å²) in [6, 6.07) is -0.202. The standard InChI is InChI=1S/C9H16N2O3/c10-5-4-8(12)11-7-3-1-2-6(7)9(13)14/h6-7H,1-5,10H2,(H,11,12)(H,13,14). The molecule has 2 atom stereocenters. The first kappa shape index (κ1) is 11.0. The maximum absolute atomic E-state index is 11.2. The second-order valence-electron chi connectivity index (χ2n) is 3.59. The zero-order valence-electron chi connectivity index (χ0n) is 8.03. The maximum Gasteiger partial charge on any atom is 0.308 e. The highest BCUT2D eigenvalue weighted by atomic mass is 16.4. The number of hydrogen-bond acceptors (Lipinski definition) is 3. The molecule has 5 heteroatoms. The number of carbonyl (C=O) groups is 2. The van der Waals surface area contributed by atoms with E-state index in [2.05, 4.69) is 5.32 Å². The molecule has 0 spiro atoms. The Morgan fingerprint density at radius 3 is 2.71 bits per heavy atom. The van der Waals surface area contributed by atoms with Crippen LogP contribution in [0.2, 0.25) is 0 Å². The van der Waals surface area contributed by atoms with E-state index in [-0.39, 0.29) is 18.4 Å². The molecule has 0 saturated heterocycles. The maximum atomic E-state index is 11.2. The smallest absolute Gasteiger partial charge is 0.308 e. The molecule has 0 bridgehead atoms. The molecule has 1 saturated carbocycles. The van der Waals surface area contributed by atoms with E-state index in [0.29, 0.717) is 13.0 Å². The number of carboxylic acid groups (broad SMARTS) is 1. The zero-order chi connectivity index (χ0) is 10.6. The van der Waals surface area contributed by atoms with E-state index in [1.165, 1.54) is 0 Å². The van der Waals surface area contributed by atoms with Gasteiger partial charge in [0.05, 0.1) is 5.92 Å². The van der Waals surface area contributed by atoms with Gasteiger partial charge < -0.3 is 16.2 Å². The van der Waals surface area contributed by atoms with Gasteiger partial charge in [-0.2, -0.15) is 0 Å². The fourth-order valence-corrected chi connectivity index (χ4v) is 1.84. The second kappa shape index (κ2) is 4.95. The van der Waals surface area contributed by atoms with Crippen molar-refractivity contribution in [2.75, 3.05) is 6.54 Å². The zero-order valence-corrected chi connectivity index (χ0v) is 8.03. The molecule has 0 aromatic rings. The number of rotatable bonds is 4. The normalized spacial score (nSPS) is 26.1. The SMILES string of the molecule is NCCC(=O)NC1CCCC1C(=O)O. The number of carbonyl (C=O) groups excluding carboxylic acids is 1. The van der Waals surface area contributed by atoms with Gasteiger partial charge in [-0.3, -0.25) is 9.59 Å². The summed E-state index contributed by atoms with van der Waals surface area (Å²) in [5.41, 5.74) is 5.22. The number of carboxylic acids is 1. The van der Waals surface area contributed by atoms with Gasteiger partial charge in [0.1, 0.15) is 0 Å². The number of nitrogens with one attached hydrogen (secondary N) is 1. The summed E-state index contributed by atoms with van der Waals surface area (Å²) in [6.07, 6.45) is 2.55. The lowest BCUT2D eigenvalue weighted by Crippen LogP contribution is -2.40. The predicted octanol–water partition coefficient (Wildman–Crippen LogP) is -0.295. The lowest BCUT2D eigenvalue weighted by atomic mass is 10.0. The van der Waals surface area contributed by atoms with Gasteiger partial charge in [-0.05, 0) is 12.8 Å². The van der Waals surface area contributed by atoms with Crippen LogP contribution in [0.5, 0.6) is 0 Å². The van der Waals surface area contributed by atoms with Gasteiger partial charge in [0.15, 0.2) is 0 Å². The minimum atomic E-state index is -0.819. The third-order valence-corrected chi connectivity index (χ3v) is 2.55. The fourth-order valence-electron chi connectivity index (χ4n) is 1.84. The van der Waals surface area contributed by atoms with E-state index in [9.17, 15) is 9.59 Å². The Kier molecular flexibility index (Phi) is 3.88. The molecule has 0 heterocycles. The molecular weight excluding hydrogens is 184 g/mol. The van der Waals surface area contributed by atoms with Crippen LogP contribution in [-0.2, 0) is 9.59 Å². The Hall–Kier alpha value is -1.10. The molecule has 1 rings (SSSR count). The number of nitrogens with two attached hydrogens (primary N) is 1. The fraction of sp³-hybridized carbons (Fsp3) is 0.778. The lowest BCUT2D eigenvalue weighted by molar-refractivity contribution is -0.142. The van der Waals surface area contributed by atoms with Crippen LogP contribution in [0, 0.1) is 5.92 Å². The van der Waals surface area contributed by atoms with Gasteiger partial charge in [0.25, 0.3) is 0 Å². The van der Waals surface area contributed by atoms with Crippen LogP contribution in [-0.4, -0.2) is 29.6 Å². The van der Waals surface area contributed by atoms with Crippen molar-refractivity contribution in [3.63, 3.8) is 0 Å². The van der Waals surface area contributed by atoms with Crippen molar-refractivity contribution in [2.45, 2.75) is 31.7 Å². The molecule has 2 unspecified atom stereocenters. The average Bonchev–Trinajstić information content (AvgIpc) is 2.52. The summed E-state index contributed by atoms with van der Waals surface area (Å²) in [7, 11) is 0. The number of amides is 1. The molecule has 14 heavy (non-hydrogen) atoms. The molecule has 0 aromatic heterocycles. The van der Waals surface area contributed by atoms with Crippen LogP contribution in [0.3, 0.4) is 0 Å². The predicted molar refractivity (Wildman–Crippen MR) is 50.6 cm³/mol. The molecule has 1 aliphatic rings. The molecule has 4 N–H and O–H groups in total. The van der Waals surface area contributed by atoms with Gasteiger partial charge in [-0.1, -0.05) is 6.42 Å². The first-order chi connectivity index (χ1) is 6.65. The molecule has 0 aromatic carbocycles. The highest BCUT2D eigenvalue weighted by molar-refractivity contribution is 5.78. The first-order valence-electron chi connectivity index (χ1n) is 4.87. The molecule has 5 nitrogen and oxygen atoms in total. The van der Waals surface area contributed by atoms with Crippen molar-refractivity contribution < 1.29 is 14.7 Å². The molecular formula is C9H16N2O3. The number of hydrogen-bond donors (Lipinski definition) is 3. The van der Waals surface area contributed by atoms with Crippen molar-refractivity contribution >= 4 is 11.9 Å². The Labute approximate surface area is 82.7 Å². The molecule has 0 aliphatic heterocycles. The van der Waals surface area contributed by atoms with Gasteiger partial charge >= 0.3 is 5.97 Å². The van der Waals surface area contributed by atoms with Crippen LogP contribution in [0.4, 0.5) is 0 Å². The Balaban J connectivity index is 2.43. The van der Waals surface area contributed by atoms with Gasteiger partial charge in [-0.15, -0.1) is 0 Å². The molecule has 1 aliphatic carbocycles. The largest absolute Gasteiger partial charge is 0.481 e. The van der Waals surface area contributed by atoms with Crippen LogP contribution < -0.4 is 11.1 Å². The second-order valence-corrected chi connectivity index (χ2v) is 3.59. The lowest BCUT2D eigenvalue weighted by Gasteiger charge is -2.17. The van der Waals surface area contributed by atoms with Crippen LogP contribution in [0.15, 0.2) is 0 Å².